The Morgan fingerprint density at radius 1 is 1.32 bits per heavy atom. The van der Waals surface area contributed by atoms with Crippen molar-refractivity contribution in [2.45, 2.75) is 43.7 Å². The number of imidazole rings is 1. The molecule has 0 amide bonds. The van der Waals surface area contributed by atoms with Gasteiger partial charge in [-0.15, -0.1) is 0 Å². The van der Waals surface area contributed by atoms with Gasteiger partial charge in [-0.1, -0.05) is 0 Å². The van der Waals surface area contributed by atoms with E-state index >= 15 is 0 Å². The van der Waals surface area contributed by atoms with E-state index in [9.17, 15) is 9.90 Å². The van der Waals surface area contributed by atoms with Gasteiger partial charge >= 0.3 is 5.69 Å². The predicted octanol–water partition coefficient (Wildman–Crippen LogP) is 1.89. The van der Waals surface area contributed by atoms with E-state index in [2.05, 4.69) is 15.0 Å². The van der Waals surface area contributed by atoms with Gasteiger partial charge in [0.25, 0.3) is 0 Å². The first-order chi connectivity index (χ1) is 10.5. The summed E-state index contributed by atoms with van der Waals surface area (Å²) in [6.07, 6.45) is 6.28. The molecule has 22 heavy (non-hydrogen) atoms. The summed E-state index contributed by atoms with van der Waals surface area (Å²) in [4.78, 5) is 23.5. The van der Waals surface area contributed by atoms with Crippen molar-refractivity contribution in [3.63, 3.8) is 0 Å². The lowest BCUT2D eigenvalue weighted by molar-refractivity contribution is -0.146. The van der Waals surface area contributed by atoms with Crippen molar-refractivity contribution < 1.29 is 5.11 Å². The molecule has 7 heteroatoms. The molecule has 2 N–H and O–H groups in total. The normalized spacial score (nSPS) is 39.7. The molecule has 2 heterocycles. The second-order valence-electron chi connectivity index (χ2n) is 7.36. The molecule has 4 aliphatic rings. The summed E-state index contributed by atoms with van der Waals surface area (Å²) in [6.45, 7) is 0. The second-order valence-corrected chi connectivity index (χ2v) is 7.70. The van der Waals surface area contributed by atoms with Crippen LogP contribution >= 0.6 is 11.6 Å². The number of rotatable bonds is 1. The number of aromatic nitrogens is 4. The van der Waals surface area contributed by atoms with Gasteiger partial charge < -0.3 is 10.1 Å². The van der Waals surface area contributed by atoms with Crippen LogP contribution in [0.2, 0.25) is 5.28 Å². The number of aliphatic hydroxyl groups is 1. The van der Waals surface area contributed by atoms with Crippen molar-refractivity contribution in [1.82, 2.24) is 19.5 Å². The number of hydrogen-bond acceptors (Lipinski definition) is 4. The van der Waals surface area contributed by atoms with Gasteiger partial charge in [-0.25, -0.2) is 9.78 Å². The van der Waals surface area contributed by atoms with E-state index in [1.807, 2.05) is 0 Å². The average molecular weight is 321 g/mol. The lowest BCUT2D eigenvalue weighted by Crippen LogP contribution is -2.55. The number of halogens is 1. The van der Waals surface area contributed by atoms with Crippen LogP contribution < -0.4 is 5.69 Å². The van der Waals surface area contributed by atoms with Crippen LogP contribution in [0.15, 0.2) is 11.0 Å². The second kappa shape index (κ2) is 4.11. The standard InChI is InChI=1S/C15H17ClN4O2/c16-13-17-6-10-12(19-13)20(14(21)18-10)11-8-1-7-2-9(11)5-15(22,3-7)4-8/h6-9,11,22H,1-5H2,(H,18,21). The van der Waals surface area contributed by atoms with Crippen molar-refractivity contribution in [1.29, 1.82) is 0 Å². The van der Waals surface area contributed by atoms with Crippen molar-refractivity contribution in [3.05, 3.63) is 22.0 Å². The molecule has 116 valence electrons. The molecule has 6 nitrogen and oxygen atoms in total. The zero-order chi connectivity index (χ0) is 15.1. The highest BCUT2D eigenvalue weighted by Gasteiger charge is 2.55. The fraction of sp³-hybridized carbons (Fsp3) is 0.667. The summed E-state index contributed by atoms with van der Waals surface area (Å²) >= 11 is 5.92. The first-order valence-corrected chi connectivity index (χ1v) is 8.25. The fourth-order valence-electron chi connectivity index (χ4n) is 5.55. The molecule has 0 saturated heterocycles. The van der Waals surface area contributed by atoms with E-state index in [0.29, 0.717) is 28.9 Å². The Morgan fingerprint density at radius 3 is 2.73 bits per heavy atom. The maximum atomic E-state index is 12.5. The van der Waals surface area contributed by atoms with Crippen LogP contribution in [0.3, 0.4) is 0 Å². The zero-order valence-corrected chi connectivity index (χ0v) is 12.8. The van der Waals surface area contributed by atoms with Gasteiger partial charge in [0.05, 0.1) is 11.8 Å². The number of hydrogen-bond donors (Lipinski definition) is 2. The molecule has 2 atom stereocenters. The van der Waals surface area contributed by atoms with Crippen LogP contribution in [-0.4, -0.2) is 30.2 Å². The van der Waals surface area contributed by atoms with Crippen molar-refractivity contribution in [2.75, 3.05) is 0 Å². The van der Waals surface area contributed by atoms with Crippen molar-refractivity contribution in [3.8, 4) is 0 Å². The Labute approximate surface area is 131 Å². The van der Waals surface area contributed by atoms with Gasteiger partial charge in [-0.05, 0) is 61.5 Å². The third-order valence-corrected chi connectivity index (χ3v) is 6.10. The molecule has 4 saturated carbocycles. The molecule has 2 unspecified atom stereocenters. The third-order valence-electron chi connectivity index (χ3n) is 5.92. The molecule has 2 aromatic rings. The molecule has 4 bridgehead atoms. The Balaban J connectivity index is 1.68. The minimum atomic E-state index is -0.505. The number of aromatic amines is 1. The number of nitrogens with zero attached hydrogens (tertiary/aromatic N) is 3. The van der Waals surface area contributed by atoms with E-state index in [1.54, 1.807) is 10.8 Å². The number of H-pyrrole nitrogens is 1. The van der Waals surface area contributed by atoms with Crippen LogP contribution in [0.4, 0.5) is 0 Å². The summed E-state index contributed by atoms with van der Waals surface area (Å²) < 4.78 is 1.78. The first kappa shape index (κ1) is 13.1. The van der Waals surface area contributed by atoms with Gasteiger partial charge in [0.2, 0.25) is 5.28 Å². The van der Waals surface area contributed by atoms with Crippen LogP contribution in [0.1, 0.15) is 38.1 Å². The summed E-state index contributed by atoms with van der Waals surface area (Å²) in [5.74, 6) is 1.31. The smallest absolute Gasteiger partial charge is 0.327 e. The van der Waals surface area contributed by atoms with E-state index < -0.39 is 5.60 Å². The third kappa shape index (κ3) is 1.68. The van der Waals surface area contributed by atoms with Crippen LogP contribution in [0.25, 0.3) is 11.2 Å². The van der Waals surface area contributed by atoms with Crippen LogP contribution in [-0.2, 0) is 0 Å². The lowest BCUT2D eigenvalue weighted by atomic mass is 9.52. The minimum absolute atomic E-state index is 0.115. The van der Waals surface area contributed by atoms with Crippen LogP contribution in [0, 0.1) is 17.8 Å². The SMILES string of the molecule is O=c1[nH]c2cnc(Cl)nc2n1C1C2CC3CC1CC(O)(C3)C2. The molecule has 4 aliphatic carbocycles. The van der Waals surface area contributed by atoms with Gasteiger partial charge in [0.1, 0.15) is 5.52 Å². The molecule has 0 radical (unpaired) electrons. The predicted molar refractivity (Wildman–Crippen MR) is 80.7 cm³/mol. The van der Waals surface area contributed by atoms with Crippen molar-refractivity contribution >= 4 is 22.8 Å². The van der Waals surface area contributed by atoms with Gasteiger partial charge in [0, 0.05) is 6.04 Å². The molecule has 0 aliphatic heterocycles. The lowest BCUT2D eigenvalue weighted by Gasteiger charge is -2.58. The highest BCUT2D eigenvalue weighted by atomic mass is 35.5. The zero-order valence-electron chi connectivity index (χ0n) is 12.0. The maximum absolute atomic E-state index is 12.5. The largest absolute Gasteiger partial charge is 0.390 e. The summed E-state index contributed by atoms with van der Waals surface area (Å²) in [6, 6.07) is 0.115. The summed E-state index contributed by atoms with van der Waals surface area (Å²) in [5.41, 5.74) is 0.572. The number of fused-ring (bicyclic) bond motifs is 1. The van der Waals surface area contributed by atoms with E-state index in [4.69, 9.17) is 11.6 Å². The first-order valence-electron chi connectivity index (χ1n) is 7.87. The Kier molecular flexibility index (Phi) is 2.45. The Morgan fingerprint density at radius 2 is 2.05 bits per heavy atom. The Hall–Kier alpha value is -1.40. The quantitative estimate of drug-likeness (QED) is 0.786. The Bertz CT molecular complexity index is 813. The molecular formula is C15H17ClN4O2. The monoisotopic (exact) mass is 320 g/mol. The molecule has 0 spiro atoms. The van der Waals surface area contributed by atoms with Crippen LogP contribution in [0.5, 0.6) is 0 Å². The van der Waals surface area contributed by atoms with E-state index in [0.717, 1.165) is 32.1 Å². The molecule has 2 aromatic heterocycles. The minimum Gasteiger partial charge on any atom is -0.390 e. The average Bonchev–Trinajstić information content (AvgIpc) is 2.73. The van der Waals surface area contributed by atoms with E-state index in [-0.39, 0.29) is 17.0 Å². The fourth-order valence-corrected chi connectivity index (χ4v) is 5.68. The topological polar surface area (TPSA) is 83.8 Å². The molecular weight excluding hydrogens is 304 g/mol. The van der Waals surface area contributed by atoms with Crippen molar-refractivity contribution in [2.24, 2.45) is 17.8 Å². The van der Waals surface area contributed by atoms with Gasteiger partial charge in [-0.3, -0.25) is 4.57 Å². The van der Waals surface area contributed by atoms with E-state index in [1.165, 1.54) is 0 Å². The summed E-state index contributed by atoms with van der Waals surface area (Å²) in [7, 11) is 0. The summed E-state index contributed by atoms with van der Waals surface area (Å²) in [5, 5.41) is 10.9. The highest BCUT2D eigenvalue weighted by Crippen LogP contribution is 2.59. The molecule has 6 rings (SSSR count). The molecule has 0 aromatic carbocycles. The molecule has 4 fully saturated rings. The highest BCUT2D eigenvalue weighted by molar-refractivity contribution is 6.28. The van der Waals surface area contributed by atoms with Gasteiger partial charge in [0.15, 0.2) is 5.65 Å². The number of nitrogens with one attached hydrogen (secondary N) is 1. The van der Waals surface area contributed by atoms with Gasteiger partial charge in [-0.2, -0.15) is 4.98 Å². The maximum Gasteiger partial charge on any atom is 0.327 e.